The van der Waals surface area contributed by atoms with E-state index >= 15 is 0 Å². The van der Waals surface area contributed by atoms with E-state index in [9.17, 15) is 0 Å². The smallest absolute Gasteiger partial charge is 0.223 e. The Morgan fingerprint density at radius 2 is 1.41 bits per heavy atom. The van der Waals surface area contributed by atoms with Crippen LogP contribution in [0, 0.1) is 0 Å². The largest absolute Gasteiger partial charge is 0.344 e. The van der Waals surface area contributed by atoms with Crippen molar-refractivity contribution in [1.29, 1.82) is 0 Å². The molecule has 1 aromatic heterocycles. The van der Waals surface area contributed by atoms with Gasteiger partial charge in [0.25, 0.3) is 0 Å². The average molecular weight is 287 g/mol. The van der Waals surface area contributed by atoms with Gasteiger partial charge in [-0.15, -0.1) is 0 Å². The average Bonchev–Trinajstić information content (AvgIpc) is 2.61. The minimum atomic E-state index is 0.0174. The molecular formula is C19H17N3. The van der Waals surface area contributed by atoms with E-state index < -0.39 is 0 Å². The minimum Gasteiger partial charge on any atom is -0.344 e. The lowest BCUT2D eigenvalue weighted by molar-refractivity contribution is 0.947. The van der Waals surface area contributed by atoms with E-state index in [1.54, 1.807) is 12.4 Å². The van der Waals surface area contributed by atoms with Crippen molar-refractivity contribution in [3.05, 3.63) is 96.3 Å². The van der Waals surface area contributed by atoms with Gasteiger partial charge in [0.1, 0.15) is 0 Å². The van der Waals surface area contributed by atoms with Crippen LogP contribution in [0.2, 0.25) is 0 Å². The van der Waals surface area contributed by atoms with Gasteiger partial charge in [-0.2, -0.15) is 0 Å². The quantitative estimate of drug-likeness (QED) is 0.758. The van der Waals surface area contributed by atoms with Gasteiger partial charge in [-0.3, -0.25) is 0 Å². The zero-order chi connectivity index (χ0) is 15.0. The van der Waals surface area contributed by atoms with Crippen LogP contribution in [0.4, 0.5) is 5.95 Å². The van der Waals surface area contributed by atoms with Crippen LogP contribution in [-0.4, -0.2) is 9.97 Å². The number of anilines is 1. The van der Waals surface area contributed by atoms with Crippen molar-refractivity contribution < 1.29 is 0 Å². The summed E-state index contributed by atoms with van der Waals surface area (Å²) in [6, 6.07) is 22.3. The standard InChI is InChI=1S/C19H17N3/c1-3-8-16(9-4-1)12-13-18(17-10-5-2-6-11-17)22-19-20-14-7-15-21-19/h1-15,18H,(H,20,21,22)/b13-12+. The van der Waals surface area contributed by atoms with Crippen molar-refractivity contribution in [3.63, 3.8) is 0 Å². The highest BCUT2D eigenvalue weighted by molar-refractivity contribution is 5.52. The molecule has 0 saturated carbocycles. The van der Waals surface area contributed by atoms with Crippen LogP contribution < -0.4 is 5.32 Å². The van der Waals surface area contributed by atoms with E-state index in [1.165, 1.54) is 11.1 Å². The molecule has 1 atom stereocenters. The highest BCUT2D eigenvalue weighted by Gasteiger charge is 2.08. The summed E-state index contributed by atoms with van der Waals surface area (Å²) in [5.74, 6) is 0.620. The minimum absolute atomic E-state index is 0.0174. The third kappa shape index (κ3) is 3.79. The fourth-order valence-electron chi connectivity index (χ4n) is 2.19. The number of hydrogen-bond acceptors (Lipinski definition) is 3. The van der Waals surface area contributed by atoms with E-state index in [0.717, 1.165) is 0 Å². The van der Waals surface area contributed by atoms with Crippen LogP contribution >= 0.6 is 0 Å². The molecule has 108 valence electrons. The molecule has 3 rings (SSSR count). The van der Waals surface area contributed by atoms with Gasteiger partial charge in [0.2, 0.25) is 5.95 Å². The molecule has 0 fully saturated rings. The molecule has 0 aliphatic heterocycles. The highest BCUT2D eigenvalue weighted by atomic mass is 15.1. The molecule has 0 bridgehead atoms. The first kappa shape index (κ1) is 14.0. The van der Waals surface area contributed by atoms with Gasteiger partial charge in [0.15, 0.2) is 0 Å². The number of nitrogens with zero attached hydrogens (tertiary/aromatic N) is 2. The molecular weight excluding hydrogens is 270 g/mol. The maximum atomic E-state index is 4.24. The van der Waals surface area contributed by atoms with Crippen LogP contribution in [0.5, 0.6) is 0 Å². The number of hydrogen-bond donors (Lipinski definition) is 1. The fraction of sp³-hybridized carbons (Fsp3) is 0.0526. The topological polar surface area (TPSA) is 37.8 Å². The number of rotatable bonds is 5. The lowest BCUT2D eigenvalue weighted by Crippen LogP contribution is -2.10. The van der Waals surface area contributed by atoms with Gasteiger partial charge in [0, 0.05) is 12.4 Å². The van der Waals surface area contributed by atoms with Crippen molar-refractivity contribution >= 4 is 12.0 Å². The Morgan fingerprint density at radius 3 is 2.09 bits per heavy atom. The first-order chi connectivity index (χ1) is 10.9. The third-order valence-corrected chi connectivity index (χ3v) is 3.29. The van der Waals surface area contributed by atoms with Gasteiger partial charge in [-0.25, -0.2) is 9.97 Å². The Balaban J connectivity index is 1.85. The molecule has 0 aliphatic carbocycles. The normalized spacial score (nSPS) is 12.2. The van der Waals surface area contributed by atoms with Crippen LogP contribution in [-0.2, 0) is 0 Å². The first-order valence-electron chi connectivity index (χ1n) is 7.23. The Kier molecular flexibility index (Phi) is 4.57. The van der Waals surface area contributed by atoms with Crippen LogP contribution in [0.1, 0.15) is 17.2 Å². The Labute approximate surface area is 130 Å². The van der Waals surface area contributed by atoms with E-state index in [2.05, 4.69) is 51.7 Å². The molecule has 3 aromatic rings. The molecule has 3 heteroatoms. The highest BCUT2D eigenvalue weighted by Crippen LogP contribution is 2.19. The van der Waals surface area contributed by atoms with E-state index in [-0.39, 0.29) is 6.04 Å². The monoisotopic (exact) mass is 287 g/mol. The fourth-order valence-corrected chi connectivity index (χ4v) is 2.19. The number of benzene rings is 2. The van der Waals surface area contributed by atoms with Crippen molar-refractivity contribution in [1.82, 2.24) is 9.97 Å². The van der Waals surface area contributed by atoms with Crippen LogP contribution in [0.15, 0.2) is 85.2 Å². The van der Waals surface area contributed by atoms with Gasteiger partial charge < -0.3 is 5.32 Å². The molecule has 0 amide bonds. The summed E-state index contributed by atoms with van der Waals surface area (Å²) in [5.41, 5.74) is 2.33. The lowest BCUT2D eigenvalue weighted by Gasteiger charge is -2.15. The summed E-state index contributed by atoms with van der Waals surface area (Å²) in [5, 5.41) is 3.36. The Bertz CT molecular complexity index is 709. The molecule has 0 aliphatic rings. The van der Waals surface area contributed by atoms with Crippen LogP contribution in [0.25, 0.3) is 6.08 Å². The van der Waals surface area contributed by atoms with Crippen molar-refractivity contribution in [2.45, 2.75) is 6.04 Å². The summed E-state index contributed by atoms with van der Waals surface area (Å²) < 4.78 is 0. The maximum Gasteiger partial charge on any atom is 0.223 e. The van der Waals surface area contributed by atoms with Gasteiger partial charge >= 0.3 is 0 Å². The van der Waals surface area contributed by atoms with E-state index in [4.69, 9.17) is 0 Å². The third-order valence-electron chi connectivity index (χ3n) is 3.29. The second-order valence-corrected chi connectivity index (χ2v) is 4.87. The number of nitrogens with one attached hydrogen (secondary N) is 1. The van der Waals surface area contributed by atoms with Crippen molar-refractivity contribution in [3.8, 4) is 0 Å². The molecule has 0 spiro atoms. The summed E-state index contributed by atoms with van der Waals surface area (Å²) >= 11 is 0. The molecule has 0 radical (unpaired) electrons. The predicted octanol–water partition coefficient (Wildman–Crippen LogP) is 4.34. The Morgan fingerprint density at radius 1 is 0.773 bits per heavy atom. The summed E-state index contributed by atoms with van der Waals surface area (Å²) in [7, 11) is 0. The van der Waals surface area contributed by atoms with Gasteiger partial charge in [-0.05, 0) is 17.2 Å². The van der Waals surface area contributed by atoms with E-state index in [0.29, 0.717) is 5.95 Å². The number of aromatic nitrogens is 2. The van der Waals surface area contributed by atoms with Gasteiger partial charge in [0.05, 0.1) is 6.04 Å². The lowest BCUT2D eigenvalue weighted by atomic mass is 10.1. The molecule has 22 heavy (non-hydrogen) atoms. The summed E-state index contributed by atoms with van der Waals surface area (Å²) in [6.45, 7) is 0. The van der Waals surface area contributed by atoms with Gasteiger partial charge in [-0.1, -0.05) is 72.8 Å². The molecule has 1 heterocycles. The molecule has 3 nitrogen and oxygen atoms in total. The molecule has 0 saturated heterocycles. The summed E-state index contributed by atoms with van der Waals surface area (Å²) in [6.07, 6.45) is 7.70. The zero-order valence-electron chi connectivity index (χ0n) is 12.1. The van der Waals surface area contributed by atoms with Crippen LogP contribution in [0.3, 0.4) is 0 Å². The molecule has 1 N–H and O–H groups in total. The summed E-state index contributed by atoms with van der Waals surface area (Å²) in [4.78, 5) is 8.49. The first-order valence-corrected chi connectivity index (χ1v) is 7.23. The zero-order valence-corrected chi connectivity index (χ0v) is 12.1. The second kappa shape index (κ2) is 7.18. The second-order valence-electron chi connectivity index (χ2n) is 4.87. The maximum absolute atomic E-state index is 4.24. The molecule has 2 aromatic carbocycles. The molecule has 1 unspecified atom stereocenters. The van der Waals surface area contributed by atoms with Crippen molar-refractivity contribution in [2.75, 3.05) is 5.32 Å². The van der Waals surface area contributed by atoms with E-state index in [1.807, 2.05) is 42.5 Å². The Hall–Kier alpha value is -2.94. The SMILES string of the molecule is C(=C\C(Nc1ncccn1)c1ccccc1)/c1ccccc1. The predicted molar refractivity (Wildman–Crippen MR) is 90.3 cm³/mol. The van der Waals surface area contributed by atoms with Crippen molar-refractivity contribution in [2.24, 2.45) is 0 Å².